The molecule has 2 unspecified atom stereocenters. The SMILES string of the molecule is COC(=O)C(Br)=C1C2CCCCC12. The molecular weight excluding hydrogens is 232 g/mol. The van der Waals surface area contributed by atoms with E-state index in [-0.39, 0.29) is 5.97 Å². The molecule has 0 heterocycles. The first kappa shape index (κ1) is 9.25. The number of methoxy groups -OCH3 is 1. The Morgan fingerprint density at radius 2 is 1.92 bits per heavy atom. The van der Waals surface area contributed by atoms with Crippen LogP contribution in [0.1, 0.15) is 25.7 Å². The highest BCUT2D eigenvalue weighted by Crippen LogP contribution is 2.57. The van der Waals surface area contributed by atoms with Crippen LogP contribution in [0.25, 0.3) is 0 Å². The predicted octanol–water partition coefficient (Wildman–Crippen LogP) is 2.63. The quantitative estimate of drug-likeness (QED) is 0.524. The van der Waals surface area contributed by atoms with Gasteiger partial charge in [-0.2, -0.15) is 0 Å². The van der Waals surface area contributed by atoms with Crippen LogP contribution < -0.4 is 0 Å². The number of rotatable bonds is 1. The van der Waals surface area contributed by atoms with Gasteiger partial charge in [0.25, 0.3) is 0 Å². The molecule has 3 heteroatoms. The molecule has 2 nitrogen and oxygen atoms in total. The standard InChI is InChI=1S/C10H13BrO2/c1-13-10(12)9(11)8-6-4-2-3-5-7(6)8/h6-7H,2-5H2,1H3. The molecule has 0 bridgehead atoms. The Morgan fingerprint density at radius 1 is 1.38 bits per heavy atom. The molecule has 0 aliphatic heterocycles. The predicted molar refractivity (Wildman–Crippen MR) is 53.4 cm³/mol. The van der Waals surface area contributed by atoms with Gasteiger partial charge < -0.3 is 4.74 Å². The molecule has 0 aromatic carbocycles. The van der Waals surface area contributed by atoms with Crippen molar-refractivity contribution in [1.82, 2.24) is 0 Å². The summed E-state index contributed by atoms with van der Waals surface area (Å²) in [6, 6.07) is 0. The van der Waals surface area contributed by atoms with Crippen LogP contribution in [-0.2, 0) is 9.53 Å². The Morgan fingerprint density at radius 3 is 2.38 bits per heavy atom. The van der Waals surface area contributed by atoms with E-state index in [1.54, 1.807) is 0 Å². The minimum absolute atomic E-state index is 0.218. The summed E-state index contributed by atoms with van der Waals surface area (Å²) in [7, 11) is 1.43. The van der Waals surface area contributed by atoms with Crippen molar-refractivity contribution in [2.24, 2.45) is 11.8 Å². The Kier molecular flexibility index (Phi) is 2.45. The molecule has 2 fully saturated rings. The summed E-state index contributed by atoms with van der Waals surface area (Å²) < 4.78 is 5.36. The highest BCUT2D eigenvalue weighted by Gasteiger charge is 2.47. The summed E-state index contributed by atoms with van der Waals surface area (Å²) in [5.41, 5.74) is 1.31. The van der Waals surface area contributed by atoms with Gasteiger partial charge in [0.1, 0.15) is 4.48 Å². The lowest BCUT2D eigenvalue weighted by Crippen LogP contribution is -1.99. The van der Waals surface area contributed by atoms with Gasteiger partial charge in [-0.15, -0.1) is 0 Å². The normalized spacial score (nSPS) is 30.8. The molecule has 2 atom stereocenters. The zero-order valence-electron chi connectivity index (χ0n) is 7.68. The van der Waals surface area contributed by atoms with Gasteiger partial charge in [0, 0.05) is 0 Å². The molecule has 2 aliphatic rings. The van der Waals surface area contributed by atoms with E-state index in [4.69, 9.17) is 0 Å². The van der Waals surface area contributed by atoms with E-state index < -0.39 is 0 Å². The van der Waals surface area contributed by atoms with Crippen molar-refractivity contribution in [1.29, 1.82) is 0 Å². The Hall–Kier alpha value is -0.310. The number of allylic oxidation sites excluding steroid dienone is 1. The minimum atomic E-state index is -0.218. The van der Waals surface area contributed by atoms with Gasteiger partial charge in [0.05, 0.1) is 7.11 Å². The molecule has 0 saturated heterocycles. The lowest BCUT2D eigenvalue weighted by Gasteiger charge is -2.04. The van der Waals surface area contributed by atoms with E-state index in [1.807, 2.05) is 0 Å². The van der Waals surface area contributed by atoms with Crippen molar-refractivity contribution >= 4 is 21.9 Å². The van der Waals surface area contributed by atoms with Crippen molar-refractivity contribution in [2.75, 3.05) is 7.11 Å². The van der Waals surface area contributed by atoms with Gasteiger partial charge in [0.2, 0.25) is 0 Å². The zero-order chi connectivity index (χ0) is 9.42. The maximum Gasteiger partial charge on any atom is 0.344 e. The lowest BCUT2D eigenvalue weighted by atomic mass is 10.0. The van der Waals surface area contributed by atoms with E-state index in [2.05, 4.69) is 20.7 Å². The minimum Gasteiger partial charge on any atom is -0.465 e. The van der Waals surface area contributed by atoms with Gasteiger partial charge in [0.15, 0.2) is 0 Å². The molecule has 0 N–H and O–H groups in total. The summed E-state index contributed by atoms with van der Waals surface area (Å²) in [5, 5.41) is 0. The number of hydrogen-bond acceptors (Lipinski definition) is 2. The smallest absolute Gasteiger partial charge is 0.344 e. The molecule has 13 heavy (non-hydrogen) atoms. The third kappa shape index (κ3) is 1.54. The largest absolute Gasteiger partial charge is 0.465 e. The molecule has 0 spiro atoms. The second-order valence-electron chi connectivity index (χ2n) is 3.76. The van der Waals surface area contributed by atoms with E-state index in [9.17, 15) is 4.79 Å². The average Bonchev–Trinajstić information content (AvgIpc) is 2.89. The third-order valence-corrected chi connectivity index (χ3v) is 3.86. The molecule has 0 amide bonds. The lowest BCUT2D eigenvalue weighted by molar-refractivity contribution is -0.135. The summed E-state index contributed by atoms with van der Waals surface area (Å²) in [4.78, 5) is 11.2. The first-order valence-corrected chi connectivity index (χ1v) is 5.53. The van der Waals surface area contributed by atoms with Gasteiger partial charge in [-0.3, -0.25) is 0 Å². The van der Waals surface area contributed by atoms with Gasteiger partial charge in [-0.1, -0.05) is 12.8 Å². The Labute approximate surface area is 86.5 Å². The molecule has 0 aromatic rings. The molecule has 0 radical (unpaired) electrons. The van der Waals surface area contributed by atoms with Gasteiger partial charge in [-0.05, 0) is 46.2 Å². The Balaban J connectivity index is 2.13. The maximum absolute atomic E-state index is 11.2. The number of halogens is 1. The van der Waals surface area contributed by atoms with Crippen molar-refractivity contribution < 1.29 is 9.53 Å². The van der Waals surface area contributed by atoms with Crippen molar-refractivity contribution in [2.45, 2.75) is 25.7 Å². The number of hydrogen-bond donors (Lipinski definition) is 0. The number of carbonyl (C=O) groups is 1. The highest BCUT2D eigenvalue weighted by molar-refractivity contribution is 9.12. The van der Waals surface area contributed by atoms with Crippen molar-refractivity contribution in [3.63, 3.8) is 0 Å². The maximum atomic E-state index is 11.2. The summed E-state index contributed by atoms with van der Waals surface area (Å²) in [6.45, 7) is 0. The molecule has 2 rings (SSSR count). The van der Waals surface area contributed by atoms with E-state index in [0.717, 1.165) is 0 Å². The van der Waals surface area contributed by atoms with E-state index >= 15 is 0 Å². The van der Waals surface area contributed by atoms with Crippen molar-refractivity contribution in [3.05, 3.63) is 10.1 Å². The summed E-state index contributed by atoms with van der Waals surface area (Å²) >= 11 is 3.33. The monoisotopic (exact) mass is 244 g/mol. The first-order chi connectivity index (χ1) is 6.25. The van der Waals surface area contributed by atoms with Crippen LogP contribution in [0.5, 0.6) is 0 Å². The third-order valence-electron chi connectivity index (χ3n) is 3.07. The van der Waals surface area contributed by atoms with Crippen LogP contribution in [-0.4, -0.2) is 13.1 Å². The highest BCUT2D eigenvalue weighted by atomic mass is 79.9. The molecule has 0 aromatic heterocycles. The van der Waals surface area contributed by atoms with Gasteiger partial charge in [-0.25, -0.2) is 4.79 Å². The van der Waals surface area contributed by atoms with Gasteiger partial charge >= 0.3 is 5.97 Å². The van der Waals surface area contributed by atoms with Crippen LogP contribution >= 0.6 is 15.9 Å². The second-order valence-corrected chi connectivity index (χ2v) is 4.55. The topological polar surface area (TPSA) is 26.3 Å². The van der Waals surface area contributed by atoms with Crippen molar-refractivity contribution in [3.8, 4) is 0 Å². The summed E-state index contributed by atoms with van der Waals surface area (Å²) in [5.74, 6) is 1.15. The first-order valence-electron chi connectivity index (χ1n) is 4.73. The van der Waals surface area contributed by atoms with Crippen LogP contribution in [0.15, 0.2) is 10.1 Å². The molecular formula is C10H13BrO2. The molecule has 2 saturated carbocycles. The van der Waals surface area contributed by atoms with E-state index in [0.29, 0.717) is 16.3 Å². The second kappa shape index (κ2) is 3.45. The van der Waals surface area contributed by atoms with Crippen LogP contribution in [0.2, 0.25) is 0 Å². The fraction of sp³-hybridized carbons (Fsp3) is 0.700. The number of fused-ring (bicyclic) bond motifs is 1. The van der Waals surface area contributed by atoms with Crippen LogP contribution in [0, 0.1) is 11.8 Å². The van der Waals surface area contributed by atoms with E-state index in [1.165, 1.54) is 38.4 Å². The molecule has 2 aliphatic carbocycles. The average molecular weight is 245 g/mol. The number of carbonyl (C=O) groups excluding carboxylic acids is 1. The summed E-state index contributed by atoms with van der Waals surface area (Å²) in [6.07, 6.45) is 5.14. The zero-order valence-corrected chi connectivity index (χ0v) is 9.26. The fourth-order valence-electron chi connectivity index (χ4n) is 2.35. The van der Waals surface area contributed by atoms with Crippen LogP contribution in [0.4, 0.5) is 0 Å². The number of ether oxygens (including phenoxy) is 1. The Bertz CT molecular complexity index is 256. The number of esters is 1. The van der Waals surface area contributed by atoms with Crippen LogP contribution in [0.3, 0.4) is 0 Å². The molecule has 72 valence electrons. The fourth-order valence-corrected chi connectivity index (χ4v) is 3.10.